The number of methoxy groups -OCH3 is 1. The molecule has 0 aliphatic carbocycles. The number of ether oxygens (including phenoxy) is 1. The Hall–Kier alpha value is -1.48. The third-order valence-corrected chi connectivity index (χ3v) is 1.58. The highest BCUT2D eigenvalue weighted by Crippen LogP contribution is 2.31. The summed E-state index contributed by atoms with van der Waals surface area (Å²) in [7, 11) is 0.894. The summed E-state index contributed by atoms with van der Waals surface area (Å²) in [6, 6.07) is 0. The Labute approximate surface area is 97.5 Å². The summed E-state index contributed by atoms with van der Waals surface area (Å²) in [6.45, 7) is 1.82. The fraction of sp³-hybridized carbons (Fsp3) is 0.750. The van der Waals surface area contributed by atoms with Crippen molar-refractivity contribution in [3.8, 4) is 0 Å². The van der Waals surface area contributed by atoms with E-state index in [4.69, 9.17) is 0 Å². The fourth-order valence-electron chi connectivity index (χ4n) is 0.707. The molecule has 10 heteroatoms. The van der Waals surface area contributed by atoms with Crippen LogP contribution in [-0.4, -0.2) is 36.7 Å². The number of alkyl halides is 6. The van der Waals surface area contributed by atoms with Crippen LogP contribution in [0.4, 0.5) is 26.3 Å². The van der Waals surface area contributed by atoms with Gasteiger partial charge in [-0.2, -0.15) is 26.3 Å². The van der Waals surface area contributed by atoms with Crippen molar-refractivity contribution in [2.45, 2.75) is 31.8 Å². The summed E-state index contributed by atoms with van der Waals surface area (Å²) in [5.41, 5.74) is -5.16. The lowest BCUT2D eigenvalue weighted by molar-refractivity contribution is -0.167. The van der Waals surface area contributed by atoms with E-state index in [-0.39, 0.29) is 0 Å². The van der Waals surface area contributed by atoms with Crippen LogP contribution in [0.5, 0.6) is 0 Å². The van der Waals surface area contributed by atoms with Crippen molar-refractivity contribution in [2.75, 3.05) is 7.11 Å². The summed E-state index contributed by atoms with van der Waals surface area (Å²) in [5.74, 6) is -1.17. The quantitative estimate of drug-likeness (QED) is 0.345. The van der Waals surface area contributed by atoms with Crippen LogP contribution >= 0.6 is 0 Å². The van der Waals surface area contributed by atoms with Gasteiger partial charge in [-0.05, 0) is 13.8 Å². The molecule has 0 spiro atoms. The lowest BCUT2D eigenvalue weighted by atomic mass is 10.1. The molecule has 0 saturated carbocycles. The van der Waals surface area contributed by atoms with E-state index in [2.05, 4.69) is 9.57 Å². The third-order valence-electron chi connectivity index (χ3n) is 1.58. The van der Waals surface area contributed by atoms with E-state index in [0.29, 0.717) is 0 Å². The number of oxime groups is 1. The smallest absolute Gasteiger partial charge is 0.441 e. The first kappa shape index (κ1) is 16.5. The van der Waals surface area contributed by atoms with E-state index in [1.807, 2.05) is 5.16 Å². The van der Waals surface area contributed by atoms with Crippen molar-refractivity contribution >= 4 is 11.7 Å². The normalized spacial score (nSPS) is 12.9. The van der Waals surface area contributed by atoms with E-state index in [9.17, 15) is 31.1 Å². The molecule has 0 heterocycles. The van der Waals surface area contributed by atoms with Gasteiger partial charge in [0.25, 0.3) is 5.71 Å². The number of esters is 1. The Bertz CT molecular complexity index is 328. The summed E-state index contributed by atoms with van der Waals surface area (Å²) in [5, 5.41) is 1.97. The van der Waals surface area contributed by atoms with Gasteiger partial charge in [-0.1, -0.05) is 5.16 Å². The molecule has 0 unspecified atom stereocenters. The van der Waals surface area contributed by atoms with Crippen molar-refractivity contribution in [3.63, 3.8) is 0 Å². The van der Waals surface area contributed by atoms with Gasteiger partial charge in [-0.15, -0.1) is 0 Å². The van der Waals surface area contributed by atoms with Gasteiger partial charge in [0.15, 0.2) is 0 Å². The molecule has 0 amide bonds. The minimum absolute atomic E-state index is 0.894. The topological polar surface area (TPSA) is 47.9 Å². The lowest BCUT2D eigenvalue weighted by Gasteiger charge is -2.20. The molecule has 18 heavy (non-hydrogen) atoms. The van der Waals surface area contributed by atoms with Crippen LogP contribution in [0, 0.1) is 0 Å². The van der Waals surface area contributed by atoms with E-state index in [1.165, 1.54) is 0 Å². The second kappa shape index (κ2) is 5.02. The average molecular weight is 281 g/mol. The van der Waals surface area contributed by atoms with Gasteiger partial charge in [0.2, 0.25) is 5.60 Å². The third kappa shape index (κ3) is 4.41. The molecular weight excluding hydrogens is 272 g/mol. The summed E-state index contributed by atoms with van der Waals surface area (Å²) >= 11 is 0. The Kier molecular flexibility index (Phi) is 4.61. The van der Waals surface area contributed by atoms with Crippen molar-refractivity contribution < 1.29 is 40.7 Å². The predicted octanol–water partition coefficient (Wildman–Crippen LogP) is 2.44. The highest BCUT2D eigenvalue weighted by Gasteiger charge is 2.54. The second-order valence-corrected chi connectivity index (χ2v) is 3.53. The van der Waals surface area contributed by atoms with Crippen molar-refractivity contribution in [3.05, 3.63) is 0 Å². The Morgan fingerprint density at radius 3 is 1.67 bits per heavy atom. The number of hydrogen-bond donors (Lipinski definition) is 0. The van der Waals surface area contributed by atoms with Crippen LogP contribution in [-0.2, 0) is 14.4 Å². The Morgan fingerprint density at radius 1 is 1.00 bits per heavy atom. The Morgan fingerprint density at radius 2 is 1.39 bits per heavy atom. The SMILES string of the molecule is COC(=O)C(C)(C)ON=C(C(F)(F)F)C(F)(F)F. The van der Waals surface area contributed by atoms with Crippen LogP contribution in [0.1, 0.15) is 13.8 Å². The van der Waals surface area contributed by atoms with E-state index < -0.39 is 29.6 Å². The molecule has 0 fully saturated rings. The largest absolute Gasteiger partial charge is 0.466 e. The van der Waals surface area contributed by atoms with Gasteiger partial charge < -0.3 is 9.57 Å². The molecule has 0 bridgehead atoms. The molecule has 0 aromatic rings. The first-order valence-corrected chi connectivity index (χ1v) is 4.31. The highest BCUT2D eigenvalue weighted by atomic mass is 19.4. The first-order valence-electron chi connectivity index (χ1n) is 4.31. The van der Waals surface area contributed by atoms with Crippen LogP contribution in [0.3, 0.4) is 0 Å². The Balaban J connectivity index is 5.20. The number of carbonyl (C=O) groups is 1. The van der Waals surface area contributed by atoms with Crippen molar-refractivity contribution in [1.82, 2.24) is 0 Å². The maximum atomic E-state index is 12.0. The monoisotopic (exact) mass is 281 g/mol. The molecule has 4 nitrogen and oxygen atoms in total. The van der Waals surface area contributed by atoms with Gasteiger partial charge in [-0.25, -0.2) is 4.79 Å². The molecular formula is C8H9F6NO3. The van der Waals surface area contributed by atoms with Gasteiger partial charge in [-0.3, -0.25) is 0 Å². The number of rotatable bonds is 3. The molecule has 0 atom stereocenters. The molecule has 0 rings (SSSR count). The molecule has 0 N–H and O–H groups in total. The zero-order valence-electron chi connectivity index (χ0n) is 9.44. The van der Waals surface area contributed by atoms with Crippen LogP contribution in [0.15, 0.2) is 5.16 Å². The summed E-state index contributed by atoms with van der Waals surface area (Å²) in [6.07, 6.45) is -11.5. The lowest BCUT2D eigenvalue weighted by Crippen LogP contribution is -2.40. The minimum Gasteiger partial charge on any atom is -0.466 e. The van der Waals surface area contributed by atoms with Crippen molar-refractivity contribution in [2.24, 2.45) is 5.16 Å². The van der Waals surface area contributed by atoms with Crippen LogP contribution in [0.2, 0.25) is 0 Å². The number of nitrogens with zero attached hydrogens (tertiary/aromatic N) is 1. The second-order valence-electron chi connectivity index (χ2n) is 3.53. The molecule has 0 saturated heterocycles. The van der Waals surface area contributed by atoms with Crippen molar-refractivity contribution in [1.29, 1.82) is 0 Å². The van der Waals surface area contributed by atoms with E-state index in [1.54, 1.807) is 0 Å². The van der Waals surface area contributed by atoms with E-state index >= 15 is 0 Å². The zero-order valence-corrected chi connectivity index (χ0v) is 9.44. The maximum Gasteiger partial charge on any atom is 0.441 e. The fourth-order valence-corrected chi connectivity index (χ4v) is 0.707. The maximum absolute atomic E-state index is 12.0. The first-order chi connectivity index (χ1) is 7.82. The van der Waals surface area contributed by atoms with Gasteiger partial charge in [0.1, 0.15) is 0 Å². The summed E-state index contributed by atoms with van der Waals surface area (Å²) < 4.78 is 76.3. The standard InChI is InChI=1S/C8H9F6NO3/c1-6(2,5(16)17-3)18-15-4(7(9,10)11)8(12,13)14/h1-3H3. The van der Waals surface area contributed by atoms with Crippen LogP contribution < -0.4 is 0 Å². The number of carbonyl (C=O) groups excluding carboxylic acids is 1. The summed E-state index contributed by atoms with van der Waals surface area (Å²) in [4.78, 5) is 14.9. The number of hydrogen-bond acceptors (Lipinski definition) is 4. The molecule has 106 valence electrons. The average Bonchev–Trinajstić information content (AvgIpc) is 2.11. The predicted molar refractivity (Wildman–Crippen MR) is 46.7 cm³/mol. The zero-order chi connectivity index (χ0) is 14.8. The molecule has 0 radical (unpaired) electrons. The van der Waals surface area contributed by atoms with Crippen LogP contribution in [0.25, 0.3) is 0 Å². The highest BCUT2D eigenvalue weighted by molar-refractivity contribution is 5.94. The van der Waals surface area contributed by atoms with Gasteiger partial charge >= 0.3 is 18.3 Å². The number of halogens is 6. The van der Waals surface area contributed by atoms with E-state index in [0.717, 1.165) is 21.0 Å². The minimum atomic E-state index is -5.75. The van der Waals surface area contributed by atoms with Gasteiger partial charge in [0, 0.05) is 0 Å². The molecule has 0 aromatic carbocycles. The molecule has 0 aromatic heterocycles. The molecule has 0 aliphatic rings. The van der Waals surface area contributed by atoms with Gasteiger partial charge in [0.05, 0.1) is 7.11 Å². The molecule has 0 aliphatic heterocycles.